The number of imide groups is 1. The number of hydrogen-bond donors (Lipinski definition) is 2. The van der Waals surface area contributed by atoms with Gasteiger partial charge in [-0.05, 0) is 55.2 Å². The molecule has 2 N–H and O–H groups in total. The second kappa shape index (κ2) is 7.39. The first-order valence-electron chi connectivity index (χ1n) is 9.70. The Kier molecular flexibility index (Phi) is 5.45. The third kappa shape index (κ3) is 4.17. The SMILES string of the molecule is C[C@H]1CC(C)(C)C[C@@]2(C1)NC(=O)N(CC(=O)N[C@@H](C)c1ccc(Cl)cc1)C2=O. The number of hydrogen-bond acceptors (Lipinski definition) is 3. The number of carbonyl (C=O) groups excluding carboxylic acids is 3. The number of halogens is 1. The zero-order valence-corrected chi connectivity index (χ0v) is 17.6. The molecule has 0 aromatic heterocycles. The number of nitrogens with one attached hydrogen (secondary N) is 2. The van der Waals surface area contributed by atoms with E-state index in [0.29, 0.717) is 23.8 Å². The summed E-state index contributed by atoms with van der Waals surface area (Å²) in [5.74, 6) is -0.329. The van der Waals surface area contributed by atoms with E-state index in [0.717, 1.165) is 16.9 Å². The molecule has 2 aliphatic rings. The molecule has 152 valence electrons. The van der Waals surface area contributed by atoms with Crippen LogP contribution in [0.25, 0.3) is 0 Å². The standard InChI is InChI=1S/C21H28ClN3O3/c1-13-9-20(3,4)12-21(10-13)18(27)25(19(28)24-21)11-17(26)23-14(2)15-5-7-16(22)8-6-15/h5-8,13-14H,9-12H2,1-4H3,(H,23,26)(H,24,28)/t13-,14-,21+/m0/s1. The third-order valence-corrected chi connectivity index (χ3v) is 5.93. The van der Waals surface area contributed by atoms with Crippen LogP contribution in [-0.2, 0) is 9.59 Å². The Morgan fingerprint density at radius 3 is 2.54 bits per heavy atom. The van der Waals surface area contributed by atoms with Crippen molar-refractivity contribution in [1.82, 2.24) is 15.5 Å². The molecule has 1 heterocycles. The summed E-state index contributed by atoms with van der Waals surface area (Å²) in [6, 6.07) is 6.44. The van der Waals surface area contributed by atoms with E-state index in [4.69, 9.17) is 11.6 Å². The van der Waals surface area contributed by atoms with Gasteiger partial charge in [-0.2, -0.15) is 0 Å². The van der Waals surface area contributed by atoms with Crippen LogP contribution in [0, 0.1) is 11.3 Å². The van der Waals surface area contributed by atoms with Crippen LogP contribution in [0.2, 0.25) is 5.02 Å². The van der Waals surface area contributed by atoms with Crippen LogP contribution in [0.1, 0.15) is 58.6 Å². The Morgan fingerprint density at radius 2 is 1.93 bits per heavy atom. The predicted octanol–water partition coefficient (Wildman–Crippen LogP) is 3.65. The van der Waals surface area contributed by atoms with E-state index in [9.17, 15) is 14.4 Å². The Hall–Kier alpha value is -2.08. The zero-order valence-electron chi connectivity index (χ0n) is 16.8. The lowest BCUT2D eigenvalue weighted by Gasteiger charge is -2.43. The van der Waals surface area contributed by atoms with E-state index in [1.54, 1.807) is 12.1 Å². The second-order valence-electron chi connectivity index (χ2n) is 9.10. The van der Waals surface area contributed by atoms with Gasteiger partial charge in [0.2, 0.25) is 5.91 Å². The summed E-state index contributed by atoms with van der Waals surface area (Å²) in [5.41, 5.74) is -0.0308. The van der Waals surface area contributed by atoms with Gasteiger partial charge in [0.05, 0.1) is 6.04 Å². The van der Waals surface area contributed by atoms with E-state index in [1.165, 1.54) is 0 Å². The van der Waals surface area contributed by atoms with Crippen molar-refractivity contribution < 1.29 is 14.4 Å². The highest BCUT2D eigenvalue weighted by molar-refractivity contribution is 6.30. The number of carbonyl (C=O) groups is 3. The van der Waals surface area contributed by atoms with Crippen LogP contribution >= 0.6 is 11.6 Å². The van der Waals surface area contributed by atoms with Crippen LogP contribution < -0.4 is 10.6 Å². The molecule has 3 rings (SSSR count). The predicted molar refractivity (Wildman–Crippen MR) is 108 cm³/mol. The molecule has 0 bridgehead atoms. The summed E-state index contributed by atoms with van der Waals surface area (Å²) < 4.78 is 0. The number of urea groups is 1. The Morgan fingerprint density at radius 1 is 1.29 bits per heavy atom. The van der Waals surface area contributed by atoms with Crippen molar-refractivity contribution in [2.24, 2.45) is 11.3 Å². The second-order valence-corrected chi connectivity index (χ2v) is 9.54. The molecule has 2 fully saturated rings. The summed E-state index contributed by atoms with van der Waals surface area (Å²) in [6.45, 7) is 7.91. The molecule has 0 unspecified atom stereocenters. The van der Waals surface area contributed by atoms with Crippen molar-refractivity contribution in [2.45, 2.75) is 58.5 Å². The highest BCUT2D eigenvalue weighted by atomic mass is 35.5. The highest BCUT2D eigenvalue weighted by Gasteiger charge is 2.56. The highest BCUT2D eigenvalue weighted by Crippen LogP contribution is 2.46. The van der Waals surface area contributed by atoms with E-state index in [-0.39, 0.29) is 29.8 Å². The van der Waals surface area contributed by atoms with Crippen molar-refractivity contribution in [3.05, 3.63) is 34.9 Å². The molecule has 1 aliphatic carbocycles. The fraction of sp³-hybridized carbons (Fsp3) is 0.571. The smallest absolute Gasteiger partial charge is 0.325 e. The molecular weight excluding hydrogens is 378 g/mol. The van der Waals surface area contributed by atoms with Gasteiger partial charge < -0.3 is 10.6 Å². The van der Waals surface area contributed by atoms with Crippen LogP contribution in [0.15, 0.2) is 24.3 Å². The van der Waals surface area contributed by atoms with Crippen LogP contribution in [-0.4, -0.2) is 34.8 Å². The molecule has 3 atom stereocenters. The van der Waals surface area contributed by atoms with Crippen molar-refractivity contribution in [1.29, 1.82) is 0 Å². The lowest BCUT2D eigenvalue weighted by Crippen LogP contribution is -2.54. The molecule has 6 nitrogen and oxygen atoms in total. The monoisotopic (exact) mass is 405 g/mol. The molecule has 7 heteroatoms. The molecule has 1 aromatic rings. The third-order valence-electron chi connectivity index (χ3n) is 5.67. The average Bonchev–Trinajstić information content (AvgIpc) is 2.77. The van der Waals surface area contributed by atoms with E-state index in [1.807, 2.05) is 19.1 Å². The Labute approximate surface area is 171 Å². The van der Waals surface area contributed by atoms with Crippen LogP contribution in [0.5, 0.6) is 0 Å². The molecule has 4 amide bonds. The van der Waals surface area contributed by atoms with E-state index in [2.05, 4.69) is 31.4 Å². The van der Waals surface area contributed by atoms with Crippen molar-refractivity contribution in [2.75, 3.05) is 6.54 Å². The van der Waals surface area contributed by atoms with Gasteiger partial charge in [0, 0.05) is 5.02 Å². The van der Waals surface area contributed by atoms with Crippen LogP contribution in [0.4, 0.5) is 4.79 Å². The maximum absolute atomic E-state index is 13.1. The van der Waals surface area contributed by atoms with Gasteiger partial charge in [0.25, 0.3) is 5.91 Å². The molecule has 1 aromatic carbocycles. The van der Waals surface area contributed by atoms with Gasteiger partial charge in [-0.3, -0.25) is 14.5 Å². The number of nitrogens with zero attached hydrogens (tertiary/aromatic N) is 1. The summed E-state index contributed by atoms with van der Waals surface area (Å²) in [5, 5.41) is 6.36. The molecule has 1 spiro atoms. The van der Waals surface area contributed by atoms with Gasteiger partial charge >= 0.3 is 6.03 Å². The van der Waals surface area contributed by atoms with Gasteiger partial charge in [-0.25, -0.2) is 4.79 Å². The lowest BCUT2D eigenvalue weighted by molar-refractivity contribution is -0.137. The minimum absolute atomic E-state index is 0.0397. The normalized spacial score (nSPS) is 27.6. The Bertz CT molecular complexity index is 793. The minimum Gasteiger partial charge on any atom is -0.348 e. The largest absolute Gasteiger partial charge is 0.348 e. The number of amides is 4. The van der Waals surface area contributed by atoms with E-state index >= 15 is 0 Å². The number of benzene rings is 1. The summed E-state index contributed by atoms with van der Waals surface area (Å²) in [6.07, 6.45) is 2.21. The van der Waals surface area contributed by atoms with Gasteiger partial charge in [0.15, 0.2) is 0 Å². The first-order valence-corrected chi connectivity index (χ1v) is 10.1. The quantitative estimate of drug-likeness (QED) is 0.750. The van der Waals surface area contributed by atoms with Gasteiger partial charge in [-0.1, -0.05) is 44.5 Å². The summed E-state index contributed by atoms with van der Waals surface area (Å²) in [7, 11) is 0. The van der Waals surface area contributed by atoms with Crippen molar-refractivity contribution in [3.63, 3.8) is 0 Å². The van der Waals surface area contributed by atoms with Gasteiger partial charge in [0.1, 0.15) is 12.1 Å². The fourth-order valence-corrected chi connectivity index (χ4v) is 5.04. The molecule has 1 saturated heterocycles. The first-order chi connectivity index (χ1) is 13.0. The molecule has 28 heavy (non-hydrogen) atoms. The molecule has 0 radical (unpaired) electrons. The lowest BCUT2D eigenvalue weighted by atomic mass is 9.64. The molecule has 1 saturated carbocycles. The maximum atomic E-state index is 13.1. The van der Waals surface area contributed by atoms with Crippen LogP contribution in [0.3, 0.4) is 0 Å². The minimum atomic E-state index is -0.889. The first kappa shape index (κ1) is 20.6. The zero-order chi connectivity index (χ0) is 20.7. The number of rotatable bonds is 4. The topological polar surface area (TPSA) is 78.5 Å². The maximum Gasteiger partial charge on any atom is 0.325 e. The molecule has 1 aliphatic heterocycles. The van der Waals surface area contributed by atoms with Gasteiger partial charge in [-0.15, -0.1) is 0 Å². The fourth-order valence-electron chi connectivity index (χ4n) is 4.92. The molecular formula is C21H28ClN3O3. The van der Waals surface area contributed by atoms with Crippen molar-refractivity contribution in [3.8, 4) is 0 Å². The van der Waals surface area contributed by atoms with Crippen molar-refractivity contribution >= 4 is 29.4 Å². The summed E-state index contributed by atoms with van der Waals surface area (Å²) >= 11 is 5.89. The Balaban J connectivity index is 1.67. The summed E-state index contributed by atoms with van der Waals surface area (Å²) in [4.78, 5) is 39.2. The van der Waals surface area contributed by atoms with E-state index < -0.39 is 11.6 Å². The average molecular weight is 406 g/mol.